The molecule has 0 spiro atoms. The fourth-order valence-electron chi connectivity index (χ4n) is 4.93. The molecule has 0 bridgehead atoms. The van der Waals surface area contributed by atoms with E-state index in [1.54, 1.807) is 12.1 Å². The third kappa shape index (κ3) is 5.06. The van der Waals surface area contributed by atoms with Gasteiger partial charge in [-0.2, -0.15) is 13.2 Å². The quantitative estimate of drug-likeness (QED) is 0.397. The molecular weight excluding hydrogens is 483 g/mol. The Hall–Kier alpha value is -3.78. The van der Waals surface area contributed by atoms with Crippen LogP contribution in [0.2, 0.25) is 0 Å². The van der Waals surface area contributed by atoms with E-state index in [4.69, 9.17) is 9.15 Å². The molecule has 5 rings (SSSR count). The number of hydrogen-bond acceptors (Lipinski definition) is 4. The first-order valence-electron chi connectivity index (χ1n) is 12.3. The molecule has 1 aliphatic heterocycles. The van der Waals surface area contributed by atoms with Crippen molar-refractivity contribution in [3.63, 3.8) is 0 Å². The summed E-state index contributed by atoms with van der Waals surface area (Å²) in [6.45, 7) is 3.04. The smallest absolute Gasteiger partial charge is 0.453 e. The van der Waals surface area contributed by atoms with Crippen molar-refractivity contribution >= 4 is 11.0 Å². The summed E-state index contributed by atoms with van der Waals surface area (Å²) in [5, 5.41) is 12.6. The Kier molecular flexibility index (Phi) is 6.69. The van der Waals surface area contributed by atoms with E-state index in [0.717, 1.165) is 41.8 Å². The second-order valence-corrected chi connectivity index (χ2v) is 9.48. The van der Waals surface area contributed by atoms with E-state index in [1.165, 1.54) is 24.3 Å². The second kappa shape index (κ2) is 9.94. The van der Waals surface area contributed by atoms with Gasteiger partial charge in [-0.3, -0.25) is 4.79 Å². The van der Waals surface area contributed by atoms with Gasteiger partial charge in [0.25, 0.3) is 5.76 Å². The zero-order valence-corrected chi connectivity index (χ0v) is 20.2. The molecule has 2 atom stereocenters. The third-order valence-corrected chi connectivity index (χ3v) is 7.00. The van der Waals surface area contributed by atoms with E-state index in [-0.39, 0.29) is 34.9 Å². The monoisotopic (exact) mass is 509 g/mol. The van der Waals surface area contributed by atoms with Crippen molar-refractivity contribution in [1.82, 2.24) is 0 Å². The highest BCUT2D eigenvalue weighted by Crippen LogP contribution is 2.39. The first-order chi connectivity index (χ1) is 17.7. The van der Waals surface area contributed by atoms with Crippen molar-refractivity contribution in [2.75, 3.05) is 6.54 Å². The average molecular weight is 510 g/mol. The Morgan fingerprint density at radius 1 is 1.00 bits per heavy atom. The highest BCUT2D eigenvalue weighted by Gasteiger charge is 2.41. The molecule has 0 saturated carbocycles. The number of fused-ring (bicyclic) bond motifs is 1. The minimum atomic E-state index is -5.01. The number of hydrogen-bond donors (Lipinski definition) is 1. The Morgan fingerprint density at radius 2 is 1.70 bits per heavy atom. The lowest BCUT2D eigenvalue weighted by atomic mass is 10.0. The van der Waals surface area contributed by atoms with E-state index in [2.05, 4.69) is 6.92 Å². The molecule has 37 heavy (non-hydrogen) atoms. The molecule has 8 heteroatoms. The SMILES string of the molecule is CC1CCCC[NH+]1Cc1c([O-])ccc2c(=O)c(Oc3ccc(-c4ccccc4)cc3)c(C(F)(F)F)oc12. The van der Waals surface area contributed by atoms with Crippen LogP contribution in [0.4, 0.5) is 13.2 Å². The number of quaternary nitrogens is 1. The number of likely N-dealkylation sites (tertiary alicyclic amines) is 1. The van der Waals surface area contributed by atoms with E-state index < -0.39 is 28.9 Å². The van der Waals surface area contributed by atoms with Crippen LogP contribution >= 0.6 is 0 Å². The van der Waals surface area contributed by atoms with Crippen LogP contribution in [0, 0.1) is 0 Å². The van der Waals surface area contributed by atoms with Crippen LogP contribution in [0.3, 0.4) is 0 Å². The van der Waals surface area contributed by atoms with Gasteiger partial charge in [-0.25, -0.2) is 0 Å². The standard InChI is InChI=1S/C29H26F3NO4/c1-18-7-5-6-16-33(18)17-23-24(34)15-14-22-25(35)27(28(29(30,31)32)37-26(22)23)36-21-12-10-20(11-13-21)19-8-3-2-4-9-19/h2-4,8-15,18,34H,5-7,16-17H2,1H3. The number of ether oxygens (including phenoxy) is 1. The average Bonchev–Trinajstić information content (AvgIpc) is 2.88. The number of alkyl halides is 3. The maximum atomic E-state index is 14.1. The van der Waals surface area contributed by atoms with Gasteiger partial charge in [0, 0.05) is 5.56 Å². The molecule has 0 aliphatic carbocycles. The molecule has 1 N–H and O–H groups in total. The Bertz CT molecular complexity index is 1460. The molecule has 4 aromatic rings. The molecule has 2 unspecified atom stereocenters. The third-order valence-electron chi connectivity index (χ3n) is 7.00. The predicted molar refractivity (Wildman–Crippen MR) is 132 cm³/mol. The summed E-state index contributed by atoms with van der Waals surface area (Å²) in [6, 6.07) is 18.5. The number of piperidine rings is 1. The molecule has 1 fully saturated rings. The molecule has 2 heterocycles. The zero-order valence-electron chi connectivity index (χ0n) is 20.2. The maximum Gasteiger partial charge on any atom is 0.453 e. The first kappa shape index (κ1) is 24.9. The Morgan fingerprint density at radius 3 is 2.38 bits per heavy atom. The fraction of sp³-hybridized carbons (Fsp3) is 0.276. The van der Waals surface area contributed by atoms with Crippen molar-refractivity contribution in [2.24, 2.45) is 0 Å². The van der Waals surface area contributed by atoms with Crippen molar-refractivity contribution in [3.05, 3.63) is 88.3 Å². The van der Waals surface area contributed by atoms with Crippen LogP contribution in [0.15, 0.2) is 75.9 Å². The van der Waals surface area contributed by atoms with Gasteiger partial charge in [-0.1, -0.05) is 54.3 Å². The van der Waals surface area contributed by atoms with Crippen molar-refractivity contribution in [2.45, 2.75) is 44.9 Å². The molecular formula is C29H26F3NO4. The van der Waals surface area contributed by atoms with Gasteiger partial charge in [0.1, 0.15) is 17.9 Å². The van der Waals surface area contributed by atoms with Gasteiger partial charge < -0.3 is 19.2 Å². The minimum absolute atomic E-state index is 0.0593. The predicted octanol–water partition coefficient (Wildman–Crippen LogP) is 5.30. The number of halogens is 3. The maximum absolute atomic E-state index is 14.1. The molecule has 5 nitrogen and oxygen atoms in total. The van der Waals surface area contributed by atoms with E-state index in [9.17, 15) is 23.1 Å². The van der Waals surface area contributed by atoms with Gasteiger partial charge in [-0.05, 0) is 55.5 Å². The van der Waals surface area contributed by atoms with E-state index in [1.807, 2.05) is 30.3 Å². The van der Waals surface area contributed by atoms with Crippen LogP contribution in [0.1, 0.15) is 37.5 Å². The van der Waals surface area contributed by atoms with E-state index in [0.29, 0.717) is 0 Å². The number of nitrogens with one attached hydrogen (secondary N) is 1. The van der Waals surface area contributed by atoms with Crippen LogP contribution in [-0.2, 0) is 12.7 Å². The number of rotatable bonds is 5. The lowest BCUT2D eigenvalue weighted by Crippen LogP contribution is -3.14. The molecule has 3 aromatic carbocycles. The summed E-state index contributed by atoms with van der Waals surface area (Å²) in [7, 11) is 0. The normalized spacial score (nSPS) is 18.2. The van der Waals surface area contributed by atoms with E-state index >= 15 is 0 Å². The highest BCUT2D eigenvalue weighted by atomic mass is 19.4. The lowest BCUT2D eigenvalue weighted by molar-refractivity contribution is -0.941. The molecule has 1 aromatic heterocycles. The van der Waals surface area contributed by atoms with Crippen molar-refractivity contribution < 1.29 is 32.3 Å². The molecule has 1 aliphatic rings. The highest BCUT2D eigenvalue weighted by molar-refractivity contribution is 5.83. The number of benzene rings is 3. The Balaban J connectivity index is 1.57. The molecule has 192 valence electrons. The van der Waals surface area contributed by atoms with Crippen LogP contribution in [-0.4, -0.2) is 12.6 Å². The molecule has 1 saturated heterocycles. The second-order valence-electron chi connectivity index (χ2n) is 9.48. The Labute approximate surface area is 211 Å². The summed E-state index contributed by atoms with van der Waals surface area (Å²) in [4.78, 5) is 14.4. The van der Waals surface area contributed by atoms with Gasteiger partial charge in [0.15, 0.2) is 0 Å². The largest absolute Gasteiger partial charge is 0.872 e. The summed E-state index contributed by atoms with van der Waals surface area (Å²) in [5.41, 5.74) is 0.575. The topological polar surface area (TPSA) is 66.9 Å². The lowest BCUT2D eigenvalue weighted by Gasteiger charge is -2.31. The van der Waals surface area contributed by atoms with Gasteiger partial charge in [-0.15, -0.1) is 0 Å². The van der Waals surface area contributed by atoms with Crippen LogP contribution < -0.4 is 20.2 Å². The van der Waals surface area contributed by atoms with Crippen molar-refractivity contribution in [3.8, 4) is 28.4 Å². The molecule has 0 amide bonds. The minimum Gasteiger partial charge on any atom is -0.872 e. The first-order valence-corrected chi connectivity index (χ1v) is 12.3. The van der Waals surface area contributed by atoms with Crippen molar-refractivity contribution in [1.29, 1.82) is 0 Å². The summed E-state index contributed by atoms with van der Waals surface area (Å²) in [6.07, 6.45) is -2.00. The zero-order chi connectivity index (χ0) is 26.2. The van der Waals surface area contributed by atoms with Gasteiger partial charge in [0.05, 0.1) is 18.0 Å². The molecule has 0 radical (unpaired) electrons. The van der Waals surface area contributed by atoms with Gasteiger partial charge >= 0.3 is 6.18 Å². The summed E-state index contributed by atoms with van der Waals surface area (Å²) in [5.74, 6) is -2.88. The summed E-state index contributed by atoms with van der Waals surface area (Å²) < 4.78 is 53.1. The fourth-order valence-corrected chi connectivity index (χ4v) is 4.93. The van der Waals surface area contributed by atoms with Crippen LogP contribution in [0.25, 0.3) is 22.1 Å². The van der Waals surface area contributed by atoms with Gasteiger partial charge in [0.2, 0.25) is 11.2 Å². The van der Waals surface area contributed by atoms with Crippen LogP contribution in [0.5, 0.6) is 17.2 Å². The summed E-state index contributed by atoms with van der Waals surface area (Å²) >= 11 is 0.